The van der Waals surface area contributed by atoms with Crippen molar-refractivity contribution in [1.29, 1.82) is 0 Å². The van der Waals surface area contributed by atoms with Crippen LogP contribution < -0.4 is 5.73 Å². The molecule has 1 aliphatic rings. The van der Waals surface area contributed by atoms with Crippen LogP contribution in [0.2, 0.25) is 0 Å². The minimum Gasteiger partial charge on any atom is -0.444 e. The number of rotatable bonds is 2. The first-order valence-corrected chi connectivity index (χ1v) is 8.23. The number of aromatic nitrogens is 4. The van der Waals surface area contributed by atoms with E-state index in [1.54, 1.807) is 11.1 Å². The molecule has 3 rings (SSSR count). The van der Waals surface area contributed by atoms with Crippen molar-refractivity contribution in [3.63, 3.8) is 0 Å². The molecule has 1 amide bonds. The third kappa shape index (κ3) is 3.58. The maximum atomic E-state index is 12.1. The van der Waals surface area contributed by atoms with Gasteiger partial charge in [-0.3, -0.25) is 0 Å². The zero-order chi connectivity index (χ0) is 17.3. The minimum atomic E-state index is -0.457. The van der Waals surface area contributed by atoms with E-state index >= 15 is 0 Å². The summed E-state index contributed by atoms with van der Waals surface area (Å²) in [6, 6.07) is 0. The van der Waals surface area contributed by atoms with Gasteiger partial charge in [-0.25, -0.2) is 19.4 Å². The SMILES string of the molecule is CC(C)(C)OC(=O)N1CCC(Cn2ncc3c(N)ncnc32)CC1. The molecule has 8 nitrogen and oxygen atoms in total. The van der Waals surface area contributed by atoms with Crippen molar-refractivity contribution in [3.05, 3.63) is 12.5 Å². The van der Waals surface area contributed by atoms with Gasteiger partial charge in [0.25, 0.3) is 0 Å². The second-order valence-electron chi connectivity index (χ2n) is 7.23. The second-order valence-corrected chi connectivity index (χ2v) is 7.23. The van der Waals surface area contributed by atoms with Gasteiger partial charge >= 0.3 is 6.09 Å². The molecule has 0 radical (unpaired) electrons. The number of fused-ring (bicyclic) bond motifs is 1. The summed E-state index contributed by atoms with van der Waals surface area (Å²) in [4.78, 5) is 22.1. The van der Waals surface area contributed by atoms with E-state index in [9.17, 15) is 4.79 Å². The smallest absolute Gasteiger partial charge is 0.410 e. The van der Waals surface area contributed by atoms with Crippen LogP contribution in [0.4, 0.5) is 10.6 Å². The van der Waals surface area contributed by atoms with E-state index in [0.29, 0.717) is 24.8 Å². The zero-order valence-corrected chi connectivity index (χ0v) is 14.4. The van der Waals surface area contributed by atoms with Gasteiger partial charge in [-0.2, -0.15) is 5.10 Å². The quantitative estimate of drug-likeness (QED) is 0.903. The number of hydrogen-bond acceptors (Lipinski definition) is 6. The Hall–Kier alpha value is -2.38. The molecule has 1 aliphatic heterocycles. The summed E-state index contributed by atoms with van der Waals surface area (Å²) >= 11 is 0. The predicted molar refractivity (Wildman–Crippen MR) is 90.3 cm³/mol. The van der Waals surface area contributed by atoms with Gasteiger partial charge in [-0.1, -0.05) is 0 Å². The number of anilines is 1. The lowest BCUT2D eigenvalue weighted by molar-refractivity contribution is 0.0177. The summed E-state index contributed by atoms with van der Waals surface area (Å²) in [6.45, 7) is 7.82. The Morgan fingerprint density at radius 1 is 1.33 bits per heavy atom. The van der Waals surface area contributed by atoms with Gasteiger partial charge in [-0.15, -0.1) is 0 Å². The van der Waals surface area contributed by atoms with Gasteiger partial charge in [0.05, 0.1) is 11.6 Å². The Labute approximate surface area is 141 Å². The van der Waals surface area contributed by atoms with Crippen LogP contribution in [-0.4, -0.2) is 49.4 Å². The van der Waals surface area contributed by atoms with Crippen LogP contribution in [-0.2, 0) is 11.3 Å². The van der Waals surface area contributed by atoms with Crippen molar-refractivity contribution in [3.8, 4) is 0 Å². The number of ether oxygens (including phenoxy) is 1. The molecule has 8 heteroatoms. The second kappa shape index (κ2) is 6.26. The standard InChI is InChI=1S/C16H24N6O2/c1-16(2,3)24-15(23)21-6-4-11(5-7-21)9-22-14-12(8-20-22)13(17)18-10-19-14/h8,10-11H,4-7,9H2,1-3H3,(H2,17,18,19). The van der Waals surface area contributed by atoms with Gasteiger partial charge in [0, 0.05) is 19.6 Å². The molecule has 130 valence electrons. The third-order valence-corrected chi connectivity index (χ3v) is 4.16. The molecule has 0 aliphatic carbocycles. The first kappa shape index (κ1) is 16.5. The molecule has 1 saturated heterocycles. The van der Waals surface area contributed by atoms with Crippen molar-refractivity contribution < 1.29 is 9.53 Å². The highest BCUT2D eigenvalue weighted by Gasteiger charge is 2.27. The molecular weight excluding hydrogens is 308 g/mol. The molecule has 0 bridgehead atoms. The first-order chi connectivity index (χ1) is 11.3. The summed E-state index contributed by atoms with van der Waals surface area (Å²) in [5.74, 6) is 0.897. The van der Waals surface area contributed by atoms with Crippen LogP contribution in [0.25, 0.3) is 11.0 Å². The topological polar surface area (TPSA) is 99.2 Å². The van der Waals surface area contributed by atoms with E-state index < -0.39 is 5.60 Å². The van der Waals surface area contributed by atoms with Crippen molar-refractivity contribution in [2.45, 2.75) is 45.8 Å². The summed E-state index contributed by atoms with van der Waals surface area (Å²) in [6.07, 6.45) is 4.77. The van der Waals surface area contributed by atoms with E-state index in [1.165, 1.54) is 6.33 Å². The Kier molecular flexibility index (Phi) is 4.29. The van der Waals surface area contributed by atoms with E-state index in [0.717, 1.165) is 30.4 Å². The van der Waals surface area contributed by atoms with Crippen LogP contribution in [0, 0.1) is 5.92 Å². The number of piperidine rings is 1. The summed E-state index contributed by atoms with van der Waals surface area (Å²) < 4.78 is 7.30. The molecule has 2 aromatic rings. The Balaban J connectivity index is 1.59. The van der Waals surface area contributed by atoms with Crippen LogP contribution in [0.1, 0.15) is 33.6 Å². The monoisotopic (exact) mass is 332 g/mol. The Morgan fingerprint density at radius 2 is 2.04 bits per heavy atom. The van der Waals surface area contributed by atoms with E-state index in [1.807, 2.05) is 25.5 Å². The van der Waals surface area contributed by atoms with Gasteiger partial charge in [0.2, 0.25) is 0 Å². The maximum absolute atomic E-state index is 12.1. The normalized spacial score (nSPS) is 16.5. The van der Waals surface area contributed by atoms with Crippen LogP contribution in [0.5, 0.6) is 0 Å². The fraction of sp³-hybridized carbons (Fsp3) is 0.625. The van der Waals surface area contributed by atoms with Crippen molar-refractivity contribution in [2.24, 2.45) is 5.92 Å². The largest absolute Gasteiger partial charge is 0.444 e. The molecule has 0 saturated carbocycles. The third-order valence-electron chi connectivity index (χ3n) is 4.16. The number of nitrogens with zero attached hydrogens (tertiary/aromatic N) is 5. The maximum Gasteiger partial charge on any atom is 0.410 e. The number of hydrogen-bond donors (Lipinski definition) is 1. The van der Waals surface area contributed by atoms with E-state index in [-0.39, 0.29) is 6.09 Å². The first-order valence-electron chi connectivity index (χ1n) is 8.23. The molecule has 0 unspecified atom stereocenters. The van der Waals surface area contributed by atoms with Gasteiger partial charge in [-0.05, 0) is 39.5 Å². The molecular formula is C16H24N6O2. The Bertz CT molecular complexity index is 728. The lowest BCUT2D eigenvalue weighted by Gasteiger charge is -2.33. The van der Waals surface area contributed by atoms with Crippen molar-refractivity contribution in [2.75, 3.05) is 18.8 Å². The van der Waals surface area contributed by atoms with Crippen molar-refractivity contribution in [1.82, 2.24) is 24.6 Å². The van der Waals surface area contributed by atoms with Gasteiger partial charge < -0.3 is 15.4 Å². The fourth-order valence-corrected chi connectivity index (χ4v) is 2.91. The highest BCUT2D eigenvalue weighted by Crippen LogP contribution is 2.23. The molecule has 2 N–H and O–H groups in total. The fourth-order valence-electron chi connectivity index (χ4n) is 2.91. The van der Waals surface area contributed by atoms with Crippen LogP contribution in [0.3, 0.4) is 0 Å². The summed E-state index contributed by atoms with van der Waals surface area (Å²) in [5, 5.41) is 5.16. The average molecular weight is 332 g/mol. The minimum absolute atomic E-state index is 0.231. The average Bonchev–Trinajstić information content (AvgIpc) is 2.91. The number of likely N-dealkylation sites (tertiary alicyclic amines) is 1. The number of amides is 1. The number of carbonyl (C=O) groups excluding carboxylic acids is 1. The number of carbonyl (C=O) groups is 1. The lowest BCUT2D eigenvalue weighted by Crippen LogP contribution is -2.42. The zero-order valence-electron chi connectivity index (χ0n) is 14.4. The summed E-state index contributed by atoms with van der Waals surface area (Å²) in [7, 11) is 0. The molecule has 0 atom stereocenters. The predicted octanol–water partition coefficient (Wildman–Crippen LogP) is 2.06. The highest BCUT2D eigenvalue weighted by atomic mass is 16.6. The number of nitrogens with two attached hydrogens (primary N) is 1. The highest BCUT2D eigenvalue weighted by molar-refractivity contribution is 5.84. The van der Waals surface area contributed by atoms with Crippen LogP contribution >= 0.6 is 0 Å². The van der Waals surface area contributed by atoms with Crippen LogP contribution in [0.15, 0.2) is 12.5 Å². The molecule has 3 heterocycles. The number of nitrogen functional groups attached to an aromatic ring is 1. The molecule has 0 spiro atoms. The molecule has 2 aromatic heterocycles. The van der Waals surface area contributed by atoms with Gasteiger partial charge in [0.15, 0.2) is 5.65 Å². The Morgan fingerprint density at radius 3 is 2.71 bits per heavy atom. The molecule has 1 fully saturated rings. The molecule has 0 aromatic carbocycles. The summed E-state index contributed by atoms with van der Waals surface area (Å²) in [5.41, 5.74) is 6.15. The van der Waals surface area contributed by atoms with Crippen molar-refractivity contribution >= 4 is 22.9 Å². The van der Waals surface area contributed by atoms with E-state index in [4.69, 9.17) is 10.5 Å². The van der Waals surface area contributed by atoms with E-state index in [2.05, 4.69) is 15.1 Å². The lowest BCUT2D eigenvalue weighted by atomic mass is 9.97. The van der Waals surface area contributed by atoms with Gasteiger partial charge in [0.1, 0.15) is 17.7 Å². The molecule has 24 heavy (non-hydrogen) atoms.